The molecule has 1 aromatic carbocycles. The van der Waals surface area contributed by atoms with Gasteiger partial charge in [-0.3, -0.25) is 0 Å². The first-order valence-corrected chi connectivity index (χ1v) is 4.36. The number of methoxy groups -OCH3 is 1. The van der Waals surface area contributed by atoms with Gasteiger partial charge in [-0.25, -0.2) is 0 Å². The normalized spacial score (nSPS) is 20.2. The average Bonchev–Trinajstić information content (AvgIpc) is 2.19. The lowest BCUT2D eigenvalue weighted by molar-refractivity contribution is 0.141. The van der Waals surface area contributed by atoms with Crippen LogP contribution in [0.25, 0.3) is 6.08 Å². The van der Waals surface area contributed by atoms with Gasteiger partial charge in [0.15, 0.2) is 0 Å². The fraction of sp³-hybridized carbons (Fsp3) is 0.273. The third kappa shape index (κ3) is 1.33. The van der Waals surface area contributed by atoms with Gasteiger partial charge >= 0.3 is 0 Å². The lowest BCUT2D eigenvalue weighted by Crippen LogP contribution is -2.33. The van der Waals surface area contributed by atoms with Crippen molar-refractivity contribution in [2.75, 3.05) is 19.1 Å². The van der Waals surface area contributed by atoms with Gasteiger partial charge < -0.3 is 9.64 Å². The van der Waals surface area contributed by atoms with Crippen molar-refractivity contribution in [3.05, 3.63) is 35.9 Å². The largest absolute Gasteiger partial charge is 0.358 e. The van der Waals surface area contributed by atoms with Gasteiger partial charge in [0.2, 0.25) is 0 Å². The van der Waals surface area contributed by atoms with Crippen LogP contribution in [0.15, 0.2) is 30.3 Å². The molecule has 0 radical (unpaired) electrons. The number of rotatable bonds is 1. The number of nitrogens with zero attached hydrogens (tertiary/aromatic N) is 1. The molecule has 1 aliphatic rings. The molecular weight excluding hydrogens is 162 g/mol. The monoisotopic (exact) mass is 175 g/mol. The maximum atomic E-state index is 5.30. The number of hydrogen-bond donors (Lipinski definition) is 0. The Morgan fingerprint density at radius 2 is 2.08 bits per heavy atom. The summed E-state index contributed by atoms with van der Waals surface area (Å²) in [5.74, 6) is 0. The second-order valence-corrected chi connectivity index (χ2v) is 3.16. The summed E-state index contributed by atoms with van der Waals surface area (Å²) in [6.45, 7) is 0. The highest BCUT2D eigenvalue weighted by Gasteiger charge is 2.16. The van der Waals surface area contributed by atoms with Gasteiger partial charge in [0, 0.05) is 19.8 Å². The van der Waals surface area contributed by atoms with E-state index in [2.05, 4.69) is 29.2 Å². The molecule has 1 atom stereocenters. The summed E-state index contributed by atoms with van der Waals surface area (Å²) in [5, 5.41) is 0. The Bertz CT molecular complexity index is 333. The van der Waals surface area contributed by atoms with Crippen molar-refractivity contribution in [1.29, 1.82) is 0 Å². The minimum atomic E-state index is 0.0647. The summed E-state index contributed by atoms with van der Waals surface area (Å²) >= 11 is 0. The molecule has 0 amide bonds. The molecule has 2 rings (SSSR count). The number of fused-ring (bicyclic) bond motifs is 1. The molecule has 13 heavy (non-hydrogen) atoms. The molecule has 0 fully saturated rings. The molecule has 0 bridgehead atoms. The molecule has 0 saturated heterocycles. The average molecular weight is 175 g/mol. The van der Waals surface area contributed by atoms with Crippen LogP contribution in [0.3, 0.4) is 0 Å². The molecule has 68 valence electrons. The fourth-order valence-corrected chi connectivity index (χ4v) is 1.64. The Morgan fingerprint density at radius 3 is 2.85 bits per heavy atom. The smallest absolute Gasteiger partial charge is 0.149 e. The lowest BCUT2D eigenvalue weighted by Gasteiger charge is -2.30. The quantitative estimate of drug-likeness (QED) is 0.648. The third-order valence-corrected chi connectivity index (χ3v) is 2.38. The Balaban J connectivity index is 2.42. The van der Waals surface area contributed by atoms with Gasteiger partial charge in [0.05, 0.1) is 0 Å². The summed E-state index contributed by atoms with van der Waals surface area (Å²) in [4.78, 5) is 2.12. The van der Waals surface area contributed by atoms with Gasteiger partial charge in [-0.15, -0.1) is 0 Å². The molecule has 0 aromatic heterocycles. The van der Waals surface area contributed by atoms with Crippen molar-refractivity contribution in [2.24, 2.45) is 0 Å². The second kappa shape index (κ2) is 3.23. The van der Waals surface area contributed by atoms with Crippen LogP contribution >= 0.6 is 0 Å². The third-order valence-electron chi connectivity index (χ3n) is 2.38. The maximum Gasteiger partial charge on any atom is 0.149 e. The van der Waals surface area contributed by atoms with E-state index < -0.39 is 0 Å². The molecule has 0 spiro atoms. The van der Waals surface area contributed by atoms with E-state index in [9.17, 15) is 0 Å². The summed E-state index contributed by atoms with van der Waals surface area (Å²) in [5.41, 5.74) is 2.47. The van der Waals surface area contributed by atoms with Crippen molar-refractivity contribution < 1.29 is 4.74 Å². The maximum absolute atomic E-state index is 5.30. The van der Waals surface area contributed by atoms with E-state index in [0.29, 0.717) is 0 Å². The molecule has 1 heterocycles. The van der Waals surface area contributed by atoms with Crippen LogP contribution in [0.1, 0.15) is 5.56 Å². The van der Waals surface area contributed by atoms with Gasteiger partial charge in [0.1, 0.15) is 6.23 Å². The minimum absolute atomic E-state index is 0.0647. The fourth-order valence-electron chi connectivity index (χ4n) is 1.64. The molecule has 1 aliphatic heterocycles. The standard InChI is InChI=1S/C11H13NO/c1-12-10-6-4-3-5-9(10)7-8-11(12)13-2/h3-8,11H,1-2H3/t11-/m0/s1. The van der Waals surface area contributed by atoms with Gasteiger partial charge in [-0.05, 0) is 17.7 Å². The molecule has 1 aromatic rings. The molecule has 0 aliphatic carbocycles. The predicted molar refractivity (Wildman–Crippen MR) is 54.7 cm³/mol. The Kier molecular flexibility index (Phi) is 2.07. The zero-order chi connectivity index (χ0) is 9.26. The zero-order valence-electron chi connectivity index (χ0n) is 7.90. The molecule has 0 N–H and O–H groups in total. The number of hydrogen-bond acceptors (Lipinski definition) is 2. The number of anilines is 1. The van der Waals surface area contributed by atoms with E-state index in [1.54, 1.807) is 7.11 Å². The van der Waals surface area contributed by atoms with E-state index in [0.717, 1.165) is 0 Å². The van der Waals surface area contributed by atoms with Crippen molar-refractivity contribution in [3.63, 3.8) is 0 Å². The van der Waals surface area contributed by atoms with Crippen LogP contribution in [0.2, 0.25) is 0 Å². The Hall–Kier alpha value is -1.28. The predicted octanol–water partition coefficient (Wildman–Crippen LogP) is 2.12. The van der Waals surface area contributed by atoms with Crippen LogP contribution < -0.4 is 4.90 Å². The van der Waals surface area contributed by atoms with Crippen LogP contribution in [-0.2, 0) is 4.74 Å². The number of likely N-dealkylation sites (N-methyl/N-ethyl adjacent to an activating group) is 1. The van der Waals surface area contributed by atoms with Gasteiger partial charge in [-0.1, -0.05) is 24.3 Å². The Morgan fingerprint density at radius 1 is 1.31 bits per heavy atom. The topological polar surface area (TPSA) is 12.5 Å². The minimum Gasteiger partial charge on any atom is -0.358 e. The van der Waals surface area contributed by atoms with Gasteiger partial charge in [-0.2, -0.15) is 0 Å². The molecule has 0 saturated carbocycles. The lowest BCUT2D eigenvalue weighted by atomic mass is 10.1. The Labute approximate surface area is 78.4 Å². The number of ether oxygens (including phenoxy) is 1. The van der Waals surface area contributed by atoms with Crippen molar-refractivity contribution in [2.45, 2.75) is 6.23 Å². The first-order chi connectivity index (χ1) is 6.33. The van der Waals surface area contributed by atoms with Crippen LogP contribution in [-0.4, -0.2) is 20.4 Å². The highest BCUT2D eigenvalue weighted by molar-refractivity contribution is 5.71. The summed E-state index contributed by atoms with van der Waals surface area (Å²) in [6.07, 6.45) is 4.22. The SMILES string of the molecule is CO[C@H]1C=Cc2ccccc2N1C. The first kappa shape index (κ1) is 8.32. The van der Waals surface area contributed by atoms with Crippen LogP contribution in [0.4, 0.5) is 5.69 Å². The molecule has 0 unspecified atom stereocenters. The van der Waals surface area contributed by atoms with Crippen molar-refractivity contribution >= 4 is 11.8 Å². The molecular formula is C11H13NO. The van der Waals surface area contributed by atoms with Crippen LogP contribution in [0, 0.1) is 0 Å². The molecule has 2 heteroatoms. The van der Waals surface area contributed by atoms with E-state index >= 15 is 0 Å². The van der Waals surface area contributed by atoms with Crippen molar-refractivity contribution in [3.8, 4) is 0 Å². The summed E-state index contributed by atoms with van der Waals surface area (Å²) in [7, 11) is 3.76. The molecule has 2 nitrogen and oxygen atoms in total. The summed E-state index contributed by atoms with van der Waals surface area (Å²) < 4.78 is 5.30. The zero-order valence-corrected chi connectivity index (χ0v) is 7.90. The van der Waals surface area contributed by atoms with E-state index in [1.807, 2.05) is 19.2 Å². The summed E-state index contributed by atoms with van der Waals surface area (Å²) in [6, 6.07) is 8.30. The highest BCUT2D eigenvalue weighted by atomic mass is 16.5. The second-order valence-electron chi connectivity index (χ2n) is 3.16. The number of para-hydroxylation sites is 1. The van der Waals surface area contributed by atoms with Crippen molar-refractivity contribution in [1.82, 2.24) is 0 Å². The van der Waals surface area contributed by atoms with E-state index in [4.69, 9.17) is 4.74 Å². The van der Waals surface area contributed by atoms with E-state index in [1.165, 1.54) is 11.3 Å². The number of benzene rings is 1. The van der Waals surface area contributed by atoms with Gasteiger partial charge in [0.25, 0.3) is 0 Å². The first-order valence-electron chi connectivity index (χ1n) is 4.36. The highest BCUT2D eigenvalue weighted by Crippen LogP contribution is 2.27. The van der Waals surface area contributed by atoms with E-state index in [-0.39, 0.29) is 6.23 Å². The van der Waals surface area contributed by atoms with Crippen LogP contribution in [0.5, 0.6) is 0 Å².